The first-order chi connectivity index (χ1) is 16.3. The van der Waals surface area contributed by atoms with Crippen LogP contribution in [0.15, 0.2) is 62.6 Å². The number of alkyl halides is 3. The van der Waals surface area contributed by atoms with Gasteiger partial charge in [0.25, 0.3) is 5.56 Å². The molecule has 0 aliphatic heterocycles. The van der Waals surface area contributed by atoms with Crippen LogP contribution in [0.25, 0.3) is 22.2 Å². The second-order valence-electron chi connectivity index (χ2n) is 7.74. The number of halogens is 3. The fourth-order valence-corrected chi connectivity index (χ4v) is 3.78. The van der Waals surface area contributed by atoms with Crippen molar-refractivity contribution in [2.45, 2.75) is 38.9 Å². The zero-order valence-electron chi connectivity index (χ0n) is 18.3. The summed E-state index contributed by atoms with van der Waals surface area (Å²) < 4.78 is 51.4. The third kappa shape index (κ3) is 4.75. The molecule has 0 saturated carbocycles. The highest BCUT2D eigenvalue weighted by molar-refractivity contribution is 5.85. The quantitative estimate of drug-likeness (QED) is 0.372. The molecule has 7 nitrogen and oxygen atoms in total. The van der Waals surface area contributed by atoms with E-state index < -0.39 is 23.1 Å². The number of nitrogens with zero attached hydrogens (tertiary/aromatic N) is 2. The normalized spacial score (nSPS) is 11.8. The van der Waals surface area contributed by atoms with Gasteiger partial charge in [-0.05, 0) is 30.5 Å². The summed E-state index contributed by atoms with van der Waals surface area (Å²) >= 11 is 0. The molecule has 2 aromatic heterocycles. The van der Waals surface area contributed by atoms with E-state index in [0.717, 1.165) is 10.1 Å². The molecule has 0 radical (unpaired) electrons. The molecular weight excluding hydrogens is 451 g/mol. The van der Waals surface area contributed by atoms with Crippen molar-refractivity contribution < 1.29 is 22.4 Å². The lowest BCUT2D eigenvalue weighted by Gasteiger charge is -2.12. The summed E-state index contributed by atoms with van der Waals surface area (Å²) in [5.74, 6) is 0.389. The first-order valence-corrected chi connectivity index (χ1v) is 10.8. The van der Waals surface area contributed by atoms with Crippen LogP contribution in [0.2, 0.25) is 0 Å². The van der Waals surface area contributed by atoms with E-state index in [-0.39, 0.29) is 24.1 Å². The molecule has 4 aromatic rings. The Hall–Kier alpha value is -3.82. The van der Waals surface area contributed by atoms with Crippen molar-refractivity contribution in [2.24, 2.45) is 0 Å². The number of aromatic nitrogens is 3. The molecule has 0 saturated heterocycles. The monoisotopic (exact) mass is 473 g/mol. The average Bonchev–Trinajstić information content (AvgIpc) is 3.25. The number of benzene rings is 2. The van der Waals surface area contributed by atoms with Gasteiger partial charge >= 0.3 is 11.9 Å². The SMILES string of the molecule is CCCc1c(OCCCn2c(=O)cc(-c3ccccc3)[nH]c2=O)ccc2c(C(F)(F)F)noc12. The zero-order chi connectivity index (χ0) is 24.3. The summed E-state index contributed by atoms with van der Waals surface area (Å²) in [6.45, 7) is 2.16. The van der Waals surface area contributed by atoms with Crippen molar-refractivity contribution in [2.75, 3.05) is 6.61 Å². The Kier molecular flexibility index (Phi) is 6.58. The Morgan fingerprint density at radius 1 is 1.12 bits per heavy atom. The van der Waals surface area contributed by atoms with E-state index in [2.05, 4.69) is 10.1 Å². The number of ether oxygens (including phenoxy) is 1. The van der Waals surface area contributed by atoms with Crippen molar-refractivity contribution >= 4 is 11.0 Å². The lowest BCUT2D eigenvalue weighted by molar-refractivity contribution is -0.141. The standard InChI is InChI=1S/C24H22F3N3O4/c1-2-7-16-19(11-10-17-21(16)34-29-22(17)24(25,26)27)33-13-6-12-30-20(31)14-18(28-23(30)32)15-8-4-3-5-9-15/h3-5,8-11,14H,2,6-7,12-13H2,1H3,(H,28,32). The van der Waals surface area contributed by atoms with Crippen molar-refractivity contribution in [3.63, 3.8) is 0 Å². The number of aromatic amines is 1. The van der Waals surface area contributed by atoms with Crippen LogP contribution in [0.5, 0.6) is 5.75 Å². The Morgan fingerprint density at radius 3 is 2.56 bits per heavy atom. The molecule has 34 heavy (non-hydrogen) atoms. The van der Waals surface area contributed by atoms with Crippen LogP contribution >= 0.6 is 0 Å². The largest absolute Gasteiger partial charge is 0.493 e. The van der Waals surface area contributed by atoms with Gasteiger partial charge in [0, 0.05) is 18.2 Å². The number of H-pyrrole nitrogens is 1. The Labute approximate surface area is 191 Å². The van der Waals surface area contributed by atoms with Gasteiger partial charge in [-0.15, -0.1) is 0 Å². The van der Waals surface area contributed by atoms with Gasteiger partial charge in [-0.25, -0.2) is 4.79 Å². The molecule has 0 spiro atoms. The molecule has 178 valence electrons. The molecule has 2 aromatic carbocycles. The first kappa shape index (κ1) is 23.3. The van der Waals surface area contributed by atoms with Crippen LogP contribution in [-0.2, 0) is 19.1 Å². The van der Waals surface area contributed by atoms with Gasteiger partial charge in [0.05, 0.1) is 17.7 Å². The third-order valence-electron chi connectivity index (χ3n) is 5.36. The maximum Gasteiger partial charge on any atom is 0.437 e. The Morgan fingerprint density at radius 2 is 1.88 bits per heavy atom. The molecule has 0 atom stereocenters. The zero-order valence-corrected chi connectivity index (χ0v) is 18.3. The van der Waals surface area contributed by atoms with E-state index in [1.807, 2.05) is 25.1 Å². The van der Waals surface area contributed by atoms with Gasteiger partial charge < -0.3 is 14.2 Å². The van der Waals surface area contributed by atoms with Gasteiger partial charge in [0.1, 0.15) is 5.75 Å². The predicted octanol–water partition coefficient (Wildman–Crippen LogP) is 4.79. The molecule has 0 fully saturated rings. The van der Waals surface area contributed by atoms with Crippen molar-refractivity contribution in [3.8, 4) is 17.0 Å². The molecule has 0 unspecified atom stereocenters. The van der Waals surface area contributed by atoms with Crippen LogP contribution < -0.4 is 16.0 Å². The highest BCUT2D eigenvalue weighted by atomic mass is 19.4. The molecule has 2 heterocycles. The summed E-state index contributed by atoms with van der Waals surface area (Å²) in [5.41, 5.74) is -0.305. The summed E-state index contributed by atoms with van der Waals surface area (Å²) in [6, 6.07) is 13.2. The number of fused-ring (bicyclic) bond motifs is 1. The van der Waals surface area contributed by atoms with Gasteiger partial charge in [0.2, 0.25) is 0 Å². The number of hydrogen-bond donors (Lipinski definition) is 1. The molecule has 0 bridgehead atoms. The summed E-state index contributed by atoms with van der Waals surface area (Å²) in [5, 5.41) is 3.09. The van der Waals surface area contributed by atoms with Gasteiger partial charge in [0.15, 0.2) is 11.3 Å². The second-order valence-corrected chi connectivity index (χ2v) is 7.74. The molecular formula is C24H22F3N3O4. The Bertz CT molecular complexity index is 1370. The van der Waals surface area contributed by atoms with Crippen LogP contribution in [-0.4, -0.2) is 21.3 Å². The number of hydrogen-bond acceptors (Lipinski definition) is 5. The first-order valence-electron chi connectivity index (χ1n) is 10.8. The molecule has 0 aliphatic carbocycles. The maximum absolute atomic E-state index is 13.2. The second kappa shape index (κ2) is 9.58. The minimum atomic E-state index is -4.62. The predicted molar refractivity (Wildman–Crippen MR) is 120 cm³/mol. The van der Waals surface area contributed by atoms with Crippen LogP contribution in [0.4, 0.5) is 13.2 Å². The average molecular weight is 473 g/mol. The van der Waals surface area contributed by atoms with Crippen molar-refractivity contribution in [1.82, 2.24) is 14.7 Å². The van der Waals surface area contributed by atoms with E-state index in [1.165, 1.54) is 18.2 Å². The highest BCUT2D eigenvalue weighted by Gasteiger charge is 2.37. The minimum absolute atomic E-state index is 0.0517. The van der Waals surface area contributed by atoms with E-state index in [4.69, 9.17) is 9.26 Å². The number of nitrogens with one attached hydrogen (secondary N) is 1. The number of aryl methyl sites for hydroxylation is 1. The van der Waals surface area contributed by atoms with Crippen LogP contribution in [0.1, 0.15) is 31.0 Å². The highest BCUT2D eigenvalue weighted by Crippen LogP contribution is 2.38. The smallest absolute Gasteiger partial charge is 0.437 e. The molecule has 10 heteroatoms. The van der Waals surface area contributed by atoms with Crippen LogP contribution in [0, 0.1) is 0 Å². The van der Waals surface area contributed by atoms with E-state index in [1.54, 1.807) is 12.1 Å². The van der Waals surface area contributed by atoms with Gasteiger partial charge in [-0.2, -0.15) is 13.2 Å². The summed E-state index contributed by atoms with van der Waals surface area (Å²) in [7, 11) is 0. The third-order valence-corrected chi connectivity index (χ3v) is 5.36. The fourth-order valence-electron chi connectivity index (χ4n) is 3.78. The topological polar surface area (TPSA) is 90.1 Å². The molecule has 0 amide bonds. The summed E-state index contributed by atoms with van der Waals surface area (Å²) in [4.78, 5) is 27.6. The van der Waals surface area contributed by atoms with Crippen molar-refractivity contribution in [1.29, 1.82) is 0 Å². The fraction of sp³-hybridized carbons (Fsp3) is 0.292. The molecule has 0 aliphatic rings. The summed E-state index contributed by atoms with van der Waals surface area (Å²) in [6.07, 6.45) is -3.18. The van der Waals surface area contributed by atoms with E-state index in [0.29, 0.717) is 36.3 Å². The lowest BCUT2D eigenvalue weighted by atomic mass is 10.0. The molecule has 1 N–H and O–H groups in total. The molecule has 4 rings (SSSR count). The Balaban J connectivity index is 1.48. The van der Waals surface area contributed by atoms with Crippen molar-refractivity contribution in [3.05, 3.63) is 80.6 Å². The van der Waals surface area contributed by atoms with Gasteiger partial charge in [-0.3, -0.25) is 9.36 Å². The minimum Gasteiger partial charge on any atom is -0.493 e. The lowest BCUT2D eigenvalue weighted by Crippen LogP contribution is -2.35. The van der Waals surface area contributed by atoms with Crippen LogP contribution in [0.3, 0.4) is 0 Å². The maximum atomic E-state index is 13.2. The number of rotatable bonds is 8. The van der Waals surface area contributed by atoms with Gasteiger partial charge in [-0.1, -0.05) is 48.8 Å². The van der Waals surface area contributed by atoms with E-state index >= 15 is 0 Å². The van der Waals surface area contributed by atoms with E-state index in [9.17, 15) is 22.8 Å².